The van der Waals surface area contributed by atoms with Crippen LogP contribution < -0.4 is 29.0 Å². The fraction of sp³-hybridized carbons (Fsp3) is 0.344. The SMILES string of the molecule is C#CCOc1cc([C@@H]2C(C(=O)OC)=C(C)NC3=C2C(=O)[C@@]2(Oc4c(Cl)c(OC)cc(OC)c4C2=O)[C@H](C)C3)ccc1OC. The first-order chi connectivity index (χ1) is 20.6. The molecule has 0 unspecified atom stereocenters. The Morgan fingerprint density at radius 3 is 2.40 bits per heavy atom. The fourth-order valence-electron chi connectivity index (χ4n) is 6.09. The Bertz CT molecular complexity index is 1670. The Balaban J connectivity index is 1.72. The molecule has 1 aliphatic carbocycles. The Morgan fingerprint density at radius 2 is 1.77 bits per heavy atom. The van der Waals surface area contributed by atoms with Crippen molar-refractivity contribution in [1.82, 2.24) is 5.32 Å². The number of hydrogen-bond acceptors (Lipinski definition) is 10. The summed E-state index contributed by atoms with van der Waals surface area (Å²) in [4.78, 5) is 42.4. The van der Waals surface area contributed by atoms with Crippen LogP contribution in [0.3, 0.4) is 0 Å². The van der Waals surface area contributed by atoms with E-state index < -0.39 is 35.0 Å². The monoisotopic (exact) mass is 607 g/mol. The molecule has 43 heavy (non-hydrogen) atoms. The third kappa shape index (κ3) is 4.38. The molecule has 0 saturated carbocycles. The van der Waals surface area contributed by atoms with Crippen molar-refractivity contribution in [2.75, 3.05) is 35.0 Å². The second kappa shape index (κ2) is 11.2. The van der Waals surface area contributed by atoms with Crippen LogP contribution in [0.1, 0.15) is 42.1 Å². The van der Waals surface area contributed by atoms with Crippen LogP contribution in [0, 0.1) is 18.3 Å². The normalized spacial score (nSPS) is 22.3. The van der Waals surface area contributed by atoms with E-state index >= 15 is 0 Å². The van der Waals surface area contributed by atoms with E-state index in [2.05, 4.69) is 11.2 Å². The Hall–Kier alpha value is -4.62. The molecule has 3 aliphatic rings. The summed E-state index contributed by atoms with van der Waals surface area (Å²) in [6.45, 7) is 3.45. The van der Waals surface area contributed by atoms with Gasteiger partial charge in [-0.25, -0.2) is 4.79 Å². The van der Waals surface area contributed by atoms with Crippen molar-refractivity contribution >= 4 is 29.1 Å². The van der Waals surface area contributed by atoms with Gasteiger partial charge in [-0.05, 0) is 31.0 Å². The minimum absolute atomic E-state index is 0.00164. The quantitative estimate of drug-likeness (QED) is 0.276. The molecule has 0 bridgehead atoms. The number of benzene rings is 2. The molecule has 0 amide bonds. The van der Waals surface area contributed by atoms with Gasteiger partial charge in [0.15, 0.2) is 17.2 Å². The zero-order valence-corrected chi connectivity index (χ0v) is 25.3. The molecule has 2 aliphatic heterocycles. The van der Waals surface area contributed by atoms with E-state index in [0.29, 0.717) is 28.5 Å². The van der Waals surface area contributed by atoms with Crippen molar-refractivity contribution in [2.24, 2.45) is 5.92 Å². The number of hydrogen-bond donors (Lipinski definition) is 1. The predicted molar refractivity (Wildman–Crippen MR) is 156 cm³/mol. The smallest absolute Gasteiger partial charge is 0.336 e. The van der Waals surface area contributed by atoms with Crippen molar-refractivity contribution in [3.8, 4) is 41.1 Å². The van der Waals surface area contributed by atoms with Gasteiger partial charge >= 0.3 is 5.97 Å². The third-order valence-corrected chi connectivity index (χ3v) is 8.44. The first kappa shape index (κ1) is 29.9. The van der Waals surface area contributed by atoms with Crippen LogP contribution in [0.15, 0.2) is 46.8 Å². The van der Waals surface area contributed by atoms with Crippen molar-refractivity contribution < 1.29 is 42.8 Å². The highest BCUT2D eigenvalue weighted by Gasteiger charge is 2.63. The molecule has 1 N–H and O–H groups in total. The number of rotatable bonds is 7. The number of esters is 1. The summed E-state index contributed by atoms with van der Waals surface area (Å²) < 4.78 is 33.5. The number of dihydropyridines is 1. The van der Waals surface area contributed by atoms with Crippen LogP contribution >= 0.6 is 11.6 Å². The number of halogens is 1. The zero-order valence-electron chi connectivity index (χ0n) is 24.5. The Labute approximate surface area is 253 Å². The first-order valence-corrected chi connectivity index (χ1v) is 13.7. The van der Waals surface area contributed by atoms with E-state index in [1.807, 2.05) is 0 Å². The molecule has 10 nitrogen and oxygen atoms in total. The van der Waals surface area contributed by atoms with Crippen LogP contribution in [-0.2, 0) is 14.3 Å². The van der Waals surface area contributed by atoms with Crippen LogP contribution in [0.2, 0.25) is 5.02 Å². The molecule has 2 aromatic rings. The molecule has 0 fully saturated rings. The van der Waals surface area contributed by atoms with Crippen LogP contribution in [0.5, 0.6) is 28.7 Å². The molecular formula is C32H30ClNO9. The number of terminal acetylenes is 1. The molecule has 1 spiro atoms. The molecule has 2 heterocycles. The average Bonchev–Trinajstić information content (AvgIpc) is 3.32. The number of allylic oxidation sites excluding steroid dienone is 2. The summed E-state index contributed by atoms with van der Waals surface area (Å²) in [7, 11) is 5.56. The summed E-state index contributed by atoms with van der Waals surface area (Å²) in [5, 5.41) is 3.27. The van der Waals surface area contributed by atoms with Gasteiger partial charge in [-0.1, -0.05) is 30.5 Å². The highest BCUT2D eigenvalue weighted by molar-refractivity contribution is 6.36. The molecule has 3 atom stereocenters. The lowest BCUT2D eigenvalue weighted by Crippen LogP contribution is -2.58. The van der Waals surface area contributed by atoms with Gasteiger partial charge in [0.05, 0.1) is 34.0 Å². The number of ketones is 2. The minimum atomic E-state index is -1.98. The maximum absolute atomic E-state index is 14.8. The van der Waals surface area contributed by atoms with Crippen molar-refractivity contribution in [2.45, 2.75) is 31.8 Å². The topological polar surface area (TPSA) is 119 Å². The Kier molecular flexibility index (Phi) is 7.80. The average molecular weight is 608 g/mol. The van der Waals surface area contributed by atoms with Crippen LogP contribution in [0.4, 0.5) is 0 Å². The van der Waals surface area contributed by atoms with Crippen molar-refractivity contribution in [1.29, 1.82) is 0 Å². The maximum Gasteiger partial charge on any atom is 0.336 e. The lowest BCUT2D eigenvalue weighted by Gasteiger charge is -2.42. The fourth-order valence-corrected chi connectivity index (χ4v) is 6.36. The van der Waals surface area contributed by atoms with Gasteiger partial charge in [0.2, 0.25) is 17.2 Å². The largest absolute Gasteiger partial charge is 0.496 e. The second-order valence-electron chi connectivity index (χ2n) is 10.3. The Morgan fingerprint density at radius 1 is 1.07 bits per heavy atom. The second-order valence-corrected chi connectivity index (χ2v) is 10.7. The highest BCUT2D eigenvalue weighted by Crippen LogP contribution is 2.56. The van der Waals surface area contributed by atoms with E-state index in [9.17, 15) is 14.4 Å². The number of ether oxygens (including phenoxy) is 6. The van der Waals surface area contributed by atoms with Crippen LogP contribution in [-0.4, -0.2) is 58.2 Å². The highest BCUT2D eigenvalue weighted by atomic mass is 35.5. The third-order valence-electron chi connectivity index (χ3n) is 8.09. The minimum Gasteiger partial charge on any atom is -0.496 e. The number of fused-ring (bicyclic) bond motifs is 1. The van der Waals surface area contributed by atoms with Gasteiger partial charge in [-0.2, -0.15) is 0 Å². The van der Waals surface area contributed by atoms with E-state index in [4.69, 9.17) is 46.4 Å². The van der Waals surface area contributed by atoms with E-state index in [0.717, 1.165) is 0 Å². The summed E-state index contributed by atoms with van der Waals surface area (Å²) in [5.41, 5.74) is 0.0136. The van der Waals surface area contributed by atoms with Gasteiger partial charge in [0.25, 0.3) is 0 Å². The van der Waals surface area contributed by atoms with Crippen LogP contribution in [0.25, 0.3) is 0 Å². The molecule has 5 rings (SSSR count). The van der Waals surface area contributed by atoms with Gasteiger partial charge in [-0.15, -0.1) is 6.42 Å². The first-order valence-electron chi connectivity index (χ1n) is 13.4. The molecule has 2 aromatic carbocycles. The summed E-state index contributed by atoms with van der Waals surface area (Å²) in [6, 6.07) is 6.50. The number of carbonyl (C=O) groups excluding carboxylic acids is 3. The molecule has 11 heteroatoms. The van der Waals surface area contributed by atoms with E-state index in [1.165, 1.54) is 34.5 Å². The number of carbonyl (C=O) groups is 3. The van der Waals surface area contributed by atoms with Gasteiger partial charge in [0, 0.05) is 34.9 Å². The van der Waals surface area contributed by atoms with Crippen molar-refractivity contribution in [3.63, 3.8) is 0 Å². The lowest BCUT2D eigenvalue weighted by molar-refractivity contribution is -0.136. The van der Waals surface area contributed by atoms with Gasteiger partial charge in [-0.3, -0.25) is 9.59 Å². The number of methoxy groups -OCH3 is 4. The lowest BCUT2D eigenvalue weighted by atomic mass is 9.65. The predicted octanol–water partition coefficient (Wildman–Crippen LogP) is 4.39. The van der Waals surface area contributed by atoms with E-state index in [1.54, 1.807) is 32.0 Å². The van der Waals surface area contributed by atoms with Crippen molar-refractivity contribution in [3.05, 3.63) is 63.0 Å². The molecule has 224 valence electrons. The molecule has 0 radical (unpaired) electrons. The summed E-state index contributed by atoms with van der Waals surface area (Å²) in [6.07, 6.45) is 5.66. The maximum atomic E-state index is 14.8. The zero-order chi connectivity index (χ0) is 31.2. The summed E-state index contributed by atoms with van der Waals surface area (Å²) >= 11 is 6.60. The van der Waals surface area contributed by atoms with Gasteiger partial charge in [0.1, 0.15) is 28.7 Å². The molecule has 0 aromatic heterocycles. The standard InChI is InChI=1S/C32H30ClNO9/c1-8-11-42-20-13-17(9-10-19(20)38-4)24-23(31(37)41-7)16(3)34-18-12-15(2)32(29(35)25(18)24)30(36)26-21(39-5)14-22(40-6)27(33)28(26)43-32/h1,9-10,13-15,24,34H,11-12H2,2-7H3/t15-,24-,32+/m1/s1. The number of Topliss-reactive ketones (excluding diaryl/α,β-unsaturated/α-hetero) is 2. The molecular weight excluding hydrogens is 578 g/mol. The van der Waals surface area contributed by atoms with Gasteiger partial charge < -0.3 is 33.7 Å². The number of nitrogens with one attached hydrogen (secondary N) is 1. The van der Waals surface area contributed by atoms with E-state index in [-0.39, 0.29) is 52.0 Å². The summed E-state index contributed by atoms with van der Waals surface area (Å²) in [5.74, 6) is 0.0783. The molecule has 0 saturated heterocycles.